The molecule has 0 saturated heterocycles. The van der Waals surface area contributed by atoms with Crippen LogP contribution in [0, 0.1) is 13.8 Å². The third kappa shape index (κ3) is 4.57. The molecule has 0 bridgehead atoms. The van der Waals surface area contributed by atoms with Crippen LogP contribution in [0.3, 0.4) is 0 Å². The summed E-state index contributed by atoms with van der Waals surface area (Å²) in [6.45, 7) is 4.37. The van der Waals surface area contributed by atoms with E-state index in [2.05, 4.69) is 20.6 Å². The topological polar surface area (TPSA) is 66.9 Å². The Morgan fingerprint density at radius 2 is 1.86 bits per heavy atom. The molecule has 0 unspecified atom stereocenters. The number of nitrogens with one attached hydrogen (secondary N) is 2. The Hall–Kier alpha value is -3.16. The standard InChI is InChI=1S/C20H19F3N4O/c1-12-3-4-14-10-16(13(2)27-17(14)9-12)19(28)25-8-7-24-18-6-5-15(11-26-18)20(21,22)23/h3-6,9-11H,7-8H2,1-2H3,(H,24,26)(H,25,28). The molecule has 146 valence electrons. The van der Waals surface area contributed by atoms with E-state index in [9.17, 15) is 18.0 Å². The maximum atomic E-state index is 12.5. The summed E-state index contributed by atoms with van der Waals surface area (Å²) in [6.07, 6.45) is -3.64. The zero-order valence-corrected chi connectivity index (χ0v) is 15.4. The number of halogens is 3. The van der Waals surface area contributed by atoms with Crippen molar-refractivity contribution in [1.29, 1.82) is 0 Å². The van der Waals surface area contributed by atoms with Crippen LogP contribution in [0.2, 0.25) is 0 Å². The molecule has 3 rings (SSSR count). The Bertz CT molecular complexity index is 1000. The van der Waals surface area contributed by atoms with Gasteiger partial charge in [-0.05, 0) is 43.7 Å². The summed E-state index contributed by atoms with van der Waals surface area (Å²) in [5, 5.41) is 6.53. The molecule has 28 heavy (non-hydrogen) atoms. The van der Waals surface area contributed by atoms with E-state index in [0.717, 1.165) is 28.7 Å². The number of pyridine rings is 2. The quantitative estimate of drug-likeness (QED) is 0.646. The summed E-state index contributed by atoms with van der Waals surface area (Å²) in [4.78, 5) is 20.6. The first-order valence-electron chi connectivity index (χ1n) is 8.67. The van der Waals surface area contributed by atoms with Crippen LogP contribution >= 0.6 is 0 Å². The van der Waals surface area contributed by atoms with Crippen LogP contribution in [0.1, 0.15) is 27.2 Å². The van der Waals surface area contributed by atoms with Gasteiger partial charge in [0.25, 0.3) is 5.91 Å². The highest BCUT2D eigenvalue weighted by atomic mass is 19.4. The molecule has 1 aromatic carbocycles. The summed E-state index contributed by atoms with van der Waals surface area (Å²) in [7, 11) is 0. The van der Waals surface area contributed by atoms with E-state index in [0.29, 0.717) is 23.6 Å². The van der Waals surface area contributed by atoms with Gasteiger partial charge in [0, 0.05) is 24.7 Å². The molecule has 2 heterocycles. The Labute approximate surface area is 160 Å². The average molecular weight is 388 g/mol. The third-order valence-corrected chi connectivity index (χ3v) is 4.22. The molecule has 0 fully saturated rings. The van der Waals surface area contributed by atoms with Crippen molar-refractivity contribution < 1.29 is 18.0 Å². The number of hydrogen-bond acceptors (Lipinski definition) is 4. The fraction of sp³-hybridized carbons (Fsp3) is 0.250. The lowest BCUT2D eigenvalue weighted by molar-refractivity contribution is -0.137. The van der Waals surface area contributed by atoms with Gasteiger partial charge in [-0.1, -0.05) is 12.1 Å². The number of nitrogens with zero attached hydrogens (tertiary/aromatic N) is 2. The molecule has 0 aliphatic rings. The number of amides is 1. The van der Waals surface area contributed by atoms with Crippen LogP contribution in [-0.4, -0.2) is 29.0 Å². The van der Waals surface area contributed by atoms with Crippen LogP contribution in [0.5, 0.6) is 0 Å². The van der Waals surface area contributed by atoms with Crippen LogP contribution < -0.4 is 10.6 Å². The highest BCUT2D eigenvalue weighted by Gasteiger charge is 2.30. The van der Waals surface area contributed by atoms with Gasteiger partial charge in [0.2, 0.25) is 0 Å². The van der Waals surface area contributed by atoms with Gasteiger partial charge in [-0.2, -0.15) is 13.2 Å². The number of aryl methyl sites for hydroxylation is 2. The fourth-order valence-electron chi connectivity index (χ4n) is 2.73. The summed E-state index contributed by atoms with van der Waals surface area (Å²) >= 11 is 0. The molecular weight excluding hydrogens is 369 g/mol. The molecule has 0 atom stereocenters. The van der Waals surface area contributed by atoms with E-state index < -0.39 is 11.7 Å². The Balaban J connectivity index is 1.56. The van der Waals surface area contributed by atoms with E-state index in [1.807, 2.05) is 25.1 Å². The zero-order chi connectivity index (χ0) is 20.3. The van der Waals surface area contributed by atoms with Crippen molar-refractivity contribution in [2.24, 2.45) is 0 Å². The van der Waals surface area contributed by atoms with Gasteiger partial charge in [-0.3, -0.25) is 9.78 Å². The number of aromatic nitrogens is 2. The predicted octanol–water partition coefficient (Wildman–Crippen LogP) is 4.11. The van der Waals surface area contributed by atoms with E-state index in [-0.39, 0.29) is 12.5 Å². The Morgan fingerprint density at radius 1 is 1.07 bits per heavy atom. The number of fused-ring (bicyclic) bond motifs is 1. The van der Waals surface area contributed by atoms with Crippen molar-refractivity contribution in [3.05, 3.63) is 65.0 Å². The highest BCUT2D eigenvalue weighted by molar-refractivity contribution is 5.98. The number of rotatable bonds is 5. The van der Waals surface area contributed by atoms with Crippen molar-refractivity contribution in [3.63, 3.8) is 0 Å². The molecule has 8 heteroatoms. The van der Waals surface area contributed by atoms with E-state index in [1.165, 1.54) is 6.07 Å². The molecule has 0 spiro atoms. The highest BCUT2D eigenvalue weighted by Crippen LogP contribution is 2.28. The third-order valence-electron chi connectivity index (χ3n) is 4.22. The molecule has 0 aliphatic carbocycles. The van der Waals surface area contributed by atoms with Crippen molar-refractivity contribution in [1.82, 2.24) is 15.3 Å². The second kappa shape index (κ2) is 7.84. The van der Waals surface area contributed by atoms with Gasteiger partial charge < -0.3 is 10.6 Å². The van der Waals surface area contributed by atoms with Gasteiger partial charge in [-0.15, -0.1) is 0 Å². The molecule has 0 aliphatic heterocycles. The minimum atomic E-state index is -4.41. The lowest BCUT2D eigenvalue weighted by Crippen LogP contribution is -2.29. The number of carbonyl (C=O) groups is 1. The molecule has 3 aromatic rings. The largest absolute Gasteiger partial charge is 0.417 e. The predicted molar refractivity (Wildman–Crippen MR) is 101 cm³/mol. The van der Waals surface area contributed by atoms with E-state index >= 15 is 0 Å². The molecule has 5 nitrogen and oxygen atoms in total. The van der Waals surface area contributed by atoms with Crippen molar-refractivity contribution in [2.75, 3.05) is 18.4 Å². The molecule has 1 amide bonds. The van der Waals surface area contributed by atoms with Crippen LogP contribution in [0.25, 0.3) is 10.9 Å². The SMILES string of the molecule is Cc1ccc2cc(C(=O)NCCNc3ccc(C(F)(F)F)cn3)c(C)nc2c1. The molecule has 2 aromatic heterocycles. The number of hydrogen-bond donors (Lipinski definition) is 2. The minimum absolute atomic E-state index is 0.255. The van der Waals surface area contributed by atoms with Crippen LogP contribution in [-0.2, 0) is 6.18 Å². The minimum Gasteiger partial charge on any atom is -0.368 e. The van der Waals surface area contributed by atoms with Crippen molar-refractivity contribution in [2.45, 2.75) is 20.0 Å². The number of benzene rings is 1. The zero-order valence-electron chi connectivity index (χ0n) is 15.4. The van der Waals surface area contributed by atoms with Gasteiger partial charge in [0.05, 0.1) is 22.3 Å². The lowest BCUT2D eigenvalue weighted by atomic mass is 10.1. The smallest absolute Gasteiger partial charge is 0.368 e. The molecular formula is C20H19F3N4O. The van der Waals surface area contributed by atoms with Crippen LogP contribution in [0.15, 0.2) is 42.6 Å². The normalized spacial score (nSPS) is 11.5. The number of alkyl halides is 3. The van der Waals surface area contributed by atoms with E-state index in [1.54, 1.807) is 13.0 Å². The van der Waals surface area contributed by atoms with Crippen molar-refractivity contribution >= 4 is 22.6 Å². The summed E-state index contributed by atoms with van der Waals surface area (Å²) < 4.78 is 37.5. The lowest BCUT2D eigenvalue weighted by Gasteiger charge is -2.11. The number of anilines is 1. The van der Waals surface area contributed by atoms with Crippen LogP contribution in [0.4, 0.5) is 19.0 Å². The Morgan fingerprint density at radius 3 is 2.54 bits per heavy atom. The first-order valence-corrected chi connectivity index (χ1v) is 8.67. The molecule has 0 radical (unpaired) electrons. The summed E-state index contributed by atoms with van der Waals surface area (Å²) in [5.74, 6) is 0.0517. The van der Waals surface area contributed by atoms with Gasteiger partial charge >= 0.3 is 6.18 Å². The van der Waals surface area contributed by atoms with Gasteiger partial charge in [0.15, 0.2) is 0 Å². The maximum Gasteiger partial charge on any atom is 0.417 e. The summed E-state index contributed by atoms with van der Waals surface area (Å²) in [6, 6.07) is 9.86. The second-order valence-corrected chi connectivity index (χ2v) is 6.43. The number of carbonyl (C=O) groups excluding carboxylic acids is 1. The van der Waals surface area contributed by atoms with Crippen molar-refractivity contribution in [3.8, 4) is 0 Å². The molecule has 0 saturated carbocycles. The first-order chi connectivity index (χ1) is 13.2. The second-order valence-electron chi connectivity index (χ2n) is 6.43. The summed E-state index contributed by atoms with van der Waals surface area (Å²) in [5.41, 5.74) is 2.25. The Kier molecular flexibility index (Phi) is 5.48. The van der Waals surface area contributed by atoms with Gasteiger partial charge in [0.1, 0.15) is 5.82 Å². The molecule has 2 N–H and O–H groups in total. The maximum absolute atomic E-state index is 12.5. The fourth-order valence-corrected chi connectivity index (χ4v) is 2.73. The van der Waals surface area contributed by atoms with E-state index in [4.69, 9.17) is 0 Å². The average Bonchev–Trinajstić information content (AvgIpc) is 2.64. The monoisotopic (exact) mass is 388 g/mol. The van der Waals surface area contributed by atoms with Gasteiger partial charge in [-0.25, -0.2) is 4.98 Å². The first kappa shape index (κ1) is 19.6.